The number of carbonyl (C=O) groups is 1. The molecule has 0 spiro atoms. The Morgan fingerprint density at radius 3 is 2.76 bits per heavy atom. The normalized spacial score (nSPS) is 20.8. The first-order chi connectivity index (χ1) is 15.5. The standard InChI is InChI=1S/C21H23ClFN5O3S2/c1-12(2)28-10-14(9-24-28)13-6-20(32-11-13)18-8-19(27(3)33(30,31)26-18)21(29)25-15-4-5-17(23)16(22)7-15/h4-7,9-12,18-19,26H,8H2,1-3H3,(H,25,29). The van der Waals surface area contributed by atoms with Gasteiger partial charge in [-0.3, -0.25) is 9.48 Å². The molecule has 2 N–H and O–H groups in total. The van der Waals surface area contributed by atoms with Crippen LogP contribution in [0.5, 0.6) is 0 Å². The summed E-state index contributed by atoms with van der Waals surface area (Å²) in [5.74, 6) is -1.13. The third-order valence-corrected chi connectivity index (χ3v) is 8.42. The van der Waals surface area contributed by atoms with Crippen LogP contribution in [-0.4, -0.2) is 41.5 Å². The lowest BCUT2D eigenvalue weighted by atomic mass is 10.0. The van der Waals surface area contributed by atoms with Crippen molar-refractivity contribution in [3.8, 4) is 11.1 Å². The van der Waals surface area contributed by atoms with E-state index in [9.17, 15) is 17.6 Å². The van der Waals surface area contributed by atoms with Gasteiger partial charge in [-0.25, -0.2) is 4.39 Å². The molecule has 0 bridgehead atoms. The fourth-order valence-corrected chi connectivity index (χ4v) is 6.06. The molecule has 0 saturated carbocycles. The lowest BCUT2D eigenvalue weighted by Crippen LogP contribution is -2.55. The minimum absolute atomic E-state index is 0.135. The molecule has 2 unspecified atom stereocenters. The van der Waals surface area contributed by atoms with Crippen LogP contribution in [0, 0.1) is 5.82 Å². The molecule has 2 aromatic heterocycles. The second-order valence-corrected chi connectivity index (χ2v) is 11.2. The molecule has 1 aliphatic heterocycles. The van der Waals surface area contributed by atoms with Crippen molar-refractivity contribution in [3.05, 3.63) is 57.8 Å². The maximum Gasteiger partial charge on any atom is 0.280 e. The van der Waals surface area contributed by atoms with Gasteiger partial charge in [-0.2, -0.15) is 22.5 Å². The number of aromatic nitrogens is 2. The van der Waals surface area contributed by atoms with Crippen LogP contribution in [0.2, 0.25) is 5.02 Å². The summed E-state index contributed by atoms with van der Waals surface area (Å²) in [5, 5.41) is 8.79. The Balaban J connectivity index is 1.55. The number of amides is 1. The Kier molecular flexibility index (Phi) is 6.61. The summed E-state index contributed by atoms with van der Waals surface area (Å²) in [5.41, 5.74) is 2.15. The van der Waals surface area contributed by atoms with Gasteiger partial charge < -0.3 is 5.32 Å². The number of thiophene rings is 1. The molecule has 1 aliphatic rings. The monoisotopic (exact) mass is 511 g/mol. The first-order valence-electron chi connectivity index (χ1n) is 10.2. The highest BCUT2D eigenvalue weighted by molar-refractivity contribution is 7.87. The lowest BCUT2D eigenvalue weighted by molar-refractivity contribution is -0.120. The third kappa shape index (κ3) is 4.97. The number of halogens is 2. The summed E-state index contributed by atoms with van der Waals surface area (Å²) >= 11 is 7.20. The van der Waals surface area contributed by atoms with Crippen molar-refractivity contribution in [2.75, 3.05) is 12.4 Å². The predicted molar refractivity (Wildman–Crippen MR) is 127 cm³/mol. The largest absolute Gasteiger partial charge is 0.325 e. The number of hydrogen-bond donors (Lipinski definition) is 2. The second kappa shape index (κ2) is 9.15. The van der Waals surface area contributed by atoms with Gasteiger partial charge in [-0.1, -0.05) is 11.6 Å². The van der Waals surface area contributed by atoms with Crippen molar-refractivity contribution in [2.24, 2.45) is 0 Å². The fourth-order valence-electron chi connectivity index (χ4n) is 3.55. The molecule has 1 saturated heterocycles. The molecule has 3 aromatic rings. The molecule has 2 atom stereocenters. The maximum absolute atomic E-state index is 13.4. The summed E-state index contributed by atoms with van der Waals surface area (Å²) in [4.78, 5) is 13.7. The molecule has 176 valence electrons. The van der Waals surface area contributed by atoms with E-state index in [-0.39, 0.29) is 23.2 Å². The molecule has 1 amide bonds. The topological polar surface area (TPSA) is 96.3 Å². The number of anilines is 1. The average molecular weight is 512 g/mol. The highest BCUT2D eigenvalue weighted by Crippen LogP contribution is 2.35. The molecule has 0 radical (unpaired) electrons. The Labute approximate surface area is 200 Å². The number of nitrogens with zero attached hydrogens (tertiary/aromatic N) is 3. The van der Waals surface area contributed by atoms with Crippen LogP contribution in [0.15, 0.2) is 42.0 Å². The highest BCUT2D eigenvalue weighted by Gasteiger charge is 2.41. The van der Waals surface area contributed by atoms with Gasteiger partial charge >= 0.3 is 0 Å². The molecule has 4 rings (SSSR count). The molecule has 3 heterocycles. The van der Waals surface area contributed by atoms with Crippen molar-refractivity contribution < 1.29 is 17.6 Å². The van der Waals surface area contributed by atoms with Gasteiger partial charge in [0.05, 0.1) is 17.3 Å². The van der Waals surface area contributed by atoms with Gasteiger partial charge in [-0.05, 0) is 55.5 Å². The van der Waals surface area contributed by atoms with E-state index >= 15 is 0 Å². The molecule has 0 aliphatic carbocycles. The van der Waals surface area contributed by atoms with Crippen molar-refractivity contribution in [2.45, 2.75) is 38.4 Å². The first kappa shape index (κ1) is 23.8. The summed E-state index contributed by atoms with van der Waals surface area (Å²) in [6.07, 6.45) is 3.94. The van der Waals surface area contributed by atoms with E-state index in [1.54, 1.807) is 6.20 Å². The van der Waals surface area contributed by atoms with Crippen molar-refractivity contribution in [1.29, 1.82) is 0 Å². The molecule has 8 nitrogen and oxygen atoms in total. The second-order valence-electron chi connectivity index (χ2n) is 8.10. The van der Waals surface area contributed by atoms with Crippen molar-refractivity contribution >= 4 is 44.7 Å². The SMILES string of the molecule is CC(C)n1cc(-c2csc(C3CC(C(=O)Nc4ccc(F)c(Cl)c4)N(C)S(=O)(=O)N3)c2)cn1. The van der Waals surface area contributed by atoms with Crippen molar-refractivity contribution in [1.82, 2.24) is 18.8 Å². The van der Waals surface area contributed by atoms with E-state index in [1.807, 2.05) is 36.2 Å². The third-order valence-electron chi connectivity index (χ3n) is 5.49. The van der Waals surface area contributed by atoms with E-state index in [0.29, 0.717) is 0 Å². The van der Waals surface area contributed by atoms with Crippen LogP contribution < -0.4 is 10.0 Å². The van der Waals surface area contributed by atoms with Crippen molar-refractivity contribution in [3.63, 3.8) is 0 Å². The molecule has 1 fully saturated rings. The van der Waals surface area contributed by atoms with Crippen LogP contribution in [0.25, 0.3) is 11.1 Å². The van der Waals surface area contributed by atoms with E-state index in [0.717, 1.165) is 26.4 Å². The van der Waals surface area contributed by atoms with E-state index in [4.69, 9.17) is 11.6 Å². The van der Waals surface area contributed by atoms with Crippen LogP contribution in [-0.2, 0) is 15.0 Å². The van der Waals surface area contributed by atoms with Gasteiger partial charge in [0.1, 0.15) is 11.9 Å². The average Bonchev–Trinajstić information content (AvgIpc) is 3.42. The van der Waals surface area contributed by atoms with Gasteiger partial charge in [0.25, 0.3) is 10.2 Å². The van der Waals surface area contributed by atoms with Gasteiger partial charge in [0, 0.05) is 35.4 Å². The fraction of sp³-hybridized carbons (Fsp3) is 0.333. The zero-order valence-electron chi connectivity index (χ0n) is 18.1. The predicted octanol–water partition coefficient (Wildman–Crippen LogP) is 4.20. The molecular weight excluding hydrogens is 489 g/mol. The lowest BCUT2D eigenvalue weighted by Gasteiger charge is -2.35. The van der Waals surface area contributed by atoms with Crippen LogP contribution in [0.1, 0.15) is 37.2 Å². The van der Waals surface area contributed by atoms with Crippen LogP contribution in [0.3, 0.4) is 0 Å². The number of hydrogen-bond acceptors (Lipinski definition) is 5. The zero-order chi connectivity index (χ0) is 23.9. The van der Waals surface area contributed by atoms with E-state index in [1.165, 1.54) is 30.5 Å². The summed E-state index contributed by atoms with van der Waals surface area (Å²) in [6, 6.07) is 4.40. The Morgan fingerprint density at radius 1 is 1.33 bits per heavy atom. The smallest absolute Gasteiger partial charge is 0.280 e. The maximum atomic E-state index is 13.4. The van der Waals surface area contributed by atoms with Gasteiger partial charge in [0.2, 0.25) is 5.91 Å². The quantitative estimate of drug-likeness (QED) is 0.536. The number of benzene rings is 1. The summed E-state index contributed by atoms with van der Waals surface area (Å²) < 4.78 is 44.4. The van der Waals surface area contributed by atoms with Gasteiger partial charge in [0.15, 0.2) is 0 Å². The number of carbonyl (C=O) groups excluding carboxylic acids is 1. The number of likely N-dealkylation sites (N-methyl/N-ethyl adjacent to an activating group) is 1. The van der Waals surface area contributed by atoms with Gasteiger partial charge in [-0.15, -0.1) is 11.3 Å². The Bertz CT molecular complexity index is 1290. The zero-order valence-corrected chi connectivity index (χ0v) is 20.5. The van der Waals surface area contributed by atoms with E-state index < -0.39 is 34.0 Å². The minimum Gasteiger partial charge on any atom is -0.325 e. The van der Waals surface area contributed by atoms with Crippen LogP contribution in [0.4, 0.5) is 10.1 Å². The molecule has 12 heteroatoms. The number of nitrogens with one attached hydrogen (secondary N) is 2. The van der Waals surface area contributed by atoms with E-state index in [2.05, 4.69) is 15.1 Å². The Hall–Kier alpha value is -2.31. The summed E-state index contributed by atoms with van der Waals surface area (Å²) in [7, 11) is -2.55. The molecule has 1 aromatic carbocycles. The first-order valence-corrected chi connectivity index (χ1v) is 12.9. The summed E-state index contributed by atoms with van der Waals surface area (Å²) in [6.45, 7) is 4.07. The highest BCUT2D eigenvalue weighted by atomic mass is 35.5. The Morgan fingerprint density at radius 2 is 2.09 bits per heavy atom. The molecular formula is C21H23ClFN5O3S2. The molecule has 33 heavy (non-hydrogen) atoms. The minimum atomic E-state index is -3.90. The number of rotatable bonds is 5. The van der Waals surface area contributed by atoms with Crippen LogP contribution >= 0.6 is 22.9 Å².